The smallest absolute Gasteiger partial charge is 0.329 e. The van der Waals surface area contributed by atoms with Crippen LogP contribution in [0.1, 0.15) is 105 Å². The highest BCUT2D eigenvalue weighted by molar-refractivity contribution is 6.39. The maximum absolute atomic E-state index is 14.3. The number of methoxy groups -OCH3 is 2. The SMILES string of the molecule is C=CC[C@@H]1/C=C(\C)C[C@H](C)C[C@H](OC)[C@H]2O[C@@](O)(C(=O)C(=O)N3CCCC[C@H]3C(=O)O[C@H](/C(C)=C/[C@@H]3CC[C@@H](O)[C@H](OC)C3)[C@H](C)C(O)CC1=O)[C@H](C)C[C@@H]2C=O. The number of allylic oxidation sites excluding steroid dienone is 4. The number of fused-ring (bicyclic) bond motifs is 3. The Morgan fingerprint density at radius 3 is 2.33 bits per heavy atom. The van der Waals surface area contributed by atoms with E-state index in [1.54, 1.807) is 34.0 Å². The number of amides is 1. The first-order valence-electron chi connectivity index (χ1n) is 20.8. The molecule has 2 bridgehead atoms. The number of aliphatic hydroxyl groups is 3. The first kappa shape index (κ1) is 46.6. The average Bonchev–Trinajstić information content (AvgIpc) is 3.18. The number of ketones is 2. The number of ether oxygens (including phenoxy) is 4. The number of hydrogen-bond donors (Lipinski definition) is 3. The van der Waals surface area contributed by atoms with Gasteiger partial charge in [-0.2, -0.15) is 0 Å². The molecule has 3 N–H and O–H groups in total. The third kappa shape index (κ3) is 11.2. The Balaban J connectivity index is 1.78. The van der Waals surface area contributed by atoms with E-state index in [0.29, 0.717) is 56.9 Å². The number of aliphatic hydroxyl groups excluding tert-OH is 2. The van der Waals surface area contributed by atoms with Crippen LogP contribution in [0.5, 0.6) is 0 Å². The summed E-state index contributed by atoms with van der Waals surface area (Å²) in [6.45, 7) is 12.9. The van der Waals surface area contributed by atoms with Gasteiger partial charge in [-0.15, -0.1) is 6.58 Å². The summed E-state index contributed by atoms with van der Waals surface area (Å²) in [6, 6.07) is -1.17. The Morgan fingerprint density at radius 1 is 0.982 bits per heavy atom. The van der Waals surface area contributed by atoms with Crippen molar-refractivity contribution in [2.45, 2.75) is 154 Å². The van der Waals surface area contributed by atoms with Gasteiger partial charge in [0, 0.05) is 50.9 Å². The van der Waals surface area contributed by atoms with Crippen LogP contribution >= 0.6 is 0 Å². The van der Waals surface area contributed by atoms with Gasteiger partial charge >= 0.3 is 5.97 Å². The number of cyclic esters (lactones) is 1. The summed E-state index contributed by atoms with van der Waals surface area (Å²) in [7, 11) is 3.02. The molecule has 1 aliphatic carbocycles. The third-order valence-electron chi connectivity index (χ3n) is 12.8. The molecule has 3 heterocycles. The number of aldehydes is 1. The molecule has 2 saturated heterocycles. The molecule has 1 amide bonds. The monoisotopic (exact) mass is 801 g/mol. The molecule has 3 aliphatic heterocycles. The summed E-state index contributed by atoms with van der Waals surface area (Å²) in [5.41, 5.74) is 1.55. The zero-order chi connectivity index (χ0) is 42.2. The molecule has 13 heteroatoms. The predicted molar refractivity (Wildman–Crippen MR) is 211 cm³/mol. The van der Waals surface area contributed by atoms with Crippen molar-refractivity contribution in [3.8, 4) is 0 Å². The van der Waals surface area contributed by atoms with Crippen LogP contribution < -0.4 is 0 Å². The van der Waals surface area contributed by atoms with Gasteiger partial charge in [-0.25, -0.2) is 4.79 Å². The van der Waals surface area contributed by atoms with Crippen LogP contribution in [0.3, 0.4) is 0 Å². The van der Waals surface area contributed by atoms with E-state index in [4.69, 9.17) is 18.9 Å². The Morgan fingerprint density at radius 2 is 1.68 bits per heavy atom. The minimum atomic E-state index is -2.59. The van der Waals surface area contributed by atoms with E-state index in [0.717, 1.165) is 16.8 Å². The molecule has 0 aromatic rings. The number of carbonyl (C=O) groups is 5. The molecule has 4 rings (SSSR count). The predicted octanol–water partition coefficient (Wildman–Crippen LogP) is 4.44. The second-order valence-corrected chi connectivity index (χ2v) is 17.3. The summed E-state index contributed by atoms with van der Waals surface area (Å²) in [5, 5.41) is 34.1. The van der Waals surface area contributed by atoms with Gasteiger partial charge in [-0.3, -0.25) is 14.4 Å². The lowest BCUT2D eigenvalue weighted by Crippen LogP contribution is -2.63. The van der Waals surface area contributed by atoms with Gasteiger partial charge in [0.1, 0.15) is 24.2 Å². The molecule has 0 aromatic carbocycles. The molecule has 1 saturated carbocycles. The number of Topliss-reactive ketones (excluding diaryl/α,β-unsaturated/α-hetero) is 2. The Bertz CT molecular complexity index is 1510. The van der Waals surface area contributed by atoms with Crippen LogP contribution in [0.25, 0.3) is 0 Å². The standard InChI is InChI=1S/C44H67NO12/c1-9-12-31-18-25(2)17-26(3)19-38(55-8)40-32(24-46)21-28(5)44(53,57-40)41(50)42(51)45-16-11-10-13-33(45)43(52)56-39(29(6)35(48)23-36(31)49)27(4)20-30-14-15-34(47)37(22-30)54-7/h9,18,20,24,26,28-35,37-40,47-48,53H,1,10-17,19,21-23H2,2-8H3/b25-18+,27-20+/t26-,28+,29+,30-,31+,32+,33-,34+,35?,37+,38-,39+,40-,44+/m0/s1. The Labute approximate surface area is 338 Å². The molecular formula is C44H67NO12. The van der Waals surface area contributed by atoms with Crippen molar-refractivity contribution in [1.82, 2.24) is 4.90 Å². The van der Waals surface area contributed by atoms with E-state index >= 15 is 0 Å². The lowest BCUT2D eigenvalue weighted by atomic mass is 9.78. The van der Waals surface area contributed by atoms with E-state index in [1.165, 1.54) is 7.11 Å². The molecule has 0 spiro atoms. The van der Waals surface area contributed by atoms with Crippen molar-refractivity contribution < 1.29 is 58.2 Å². The Hall–Kier alpha value is -3.07. The van der Waals surface area contributed by atoms with Crippen molar-refractivity contribution in [2.75, 3.05) is 20.8 Å². The van der Waals surface area contributed by atoms with E-state index in [1.807, 2.05) is 26.0 Å². The molecule has 0 aromatic heterocycles. The van der Waals surface area contributed by atoms with Gasteiger partial charge in [0.2, 0.25) is 5.79 Å². The summed E-state index contributed by atoms with van der Waals surface area (Å²) in [5.74, 6) is -8.95. The van der Waals surface area contributed by atoms with E-state index in [-0.39, 0.29) is 49.5 Å². The molecule has 0 radical (unpaired) electrons. The third-order valence-corrected chi connectivity index (χ3v) is 12.8. The number of hydrogen-bond acceptors (Lipinski definition) is 12. The van der Waals surface area contributed by atoms with E-state index in [9.17, 15) is 39.3 Å². The molecule has 4 aliphatic rings. The van der Waals surface area contributed by atoms with Crippen molar-refractivity contribution in [3.05, 3.63) is 36.0 Å². The van der Waals surface area contributed by atoms with E-state index in [2.05, 4.69) is 6.58 Å². The number of piperidine rings is 1. The molecule has 320 valence electrons. The highest BCUT2D eigenvalue weighted by Crippen LogP contribution is 2.40. The lowest BCUT2D eigenvalue weighted by molar-refractivity contribution is -0.287. The minimum Gasteiger partial charge on any atom is -0.456 e. The molecule has 14 atom stereocenters. The zero-order valence-corrected chi connectivity index (χ0v) is 35.0. The molecule has 57 heavy (non-hydrogen) atoms. The molecule has 1 unspecified atom stereocenters. The number of rotatable bonds is 7. The van der Waals surface area contributed by atoms with Gasteiger partial charge < -0.3 is 44.0 Å². The van der Waals surface area contributed by atoms with Gasteiger partial charge in [0.05, 0.1) is 30.5 Å². The summed E-state index contributed by atoms with van der Waals surface area (Å²) >= 11 is 0. The quantitative estimate of drug-likeness (QED) is 0.143. The van der Waals surface area contributed by atoms with Crippen LogP contribution in [0.15, 0.2) is 36.0 Å². The largest absolute Gasteiger partial charge is 0.456 e. The van der Waals surface area contributed by atoms with Crippen LogP contribution in [0, 0.1) is 35.5 Å². The van der Waals surface area contributed by atoms with Crippen molar-refractivity contribution in [1.29, 1.82) is 0 Å². The van der Waals surface area contributed by atoms with Crippen LogP contribution in [-0.4, -0.2) is 119 Å². The first-order valence-corrected chi connectivity index (χ1v) is 20.8. The molecule has 3 fully saturated rings. The average molecular weight is 802 g/mol. The van der Waals surface area contributed by atoms with Crippen LogP contribution in [0.4, 0.5) is 0 Å². The van der Waals surface area contributed by atoms with E-state index < -0.39 is 83.7 Å². The fourth-order valence-corrected chi connectivity index (χ4v) is 9.44. The summed E-state index contributed by atoms with van der Waals surface area (Å²) in [4.78, 5) is 70.0. The van der Waals surface area contributed by atoms with Gasteiger partial charge in [0.25, 0.3) is 11.7 Å². The zero-order valence-electron chi connectivity index (χ0n) is 35.0. The van der Waals surface area contributed by atoms with Crippen molar-refractivity contribution in [2.24, 2.45) is 35.5 Å². The van der Waals surface area contributed by atoms with Crippen molar-refractivity contribution >= 4 is 29.7 Å². The normalized spacial score (nSPS) is 40.9. The van der Waals surface area contributed by atoms with Gasteiger partial charge in [-0.1, -0.05) is 44.6 Å². The maximum atomic E-state index is 14.3. The van der Waals surface area contributed by atoms with Crippen molar-refractivity contribution in [3.63, 3.8) is 0 Å². The fourth-order valence-electron chi connectivity index (χ4n) is 9.44. The highest BCUT2D eigenvalue weighted by Gasteiger charge is 2.56. The maximum Gasteiger partial charge on any atom is 0.329 e. The number of nitrogens with zero attached hydrogens (tertiary/aromatic N) is 1. The van der Waals surface area contributed by atoms with Gasteiger partial charge in [0.15, 0.2) is 0 Å². The summed E-state index contributed by atoms with van der Waals surface area (Å²) in [6.07, 6.45) is 5.42. The van der Waals surface area contributed by atoms with Gasteiger partial charge in [-0.05, 0) is 95.5 Å². The first-order chi connectivity index (χ1) is 27.0. The lowest BCUT2D eigenvalue weighted by Gasteiger charge is -2.46. The second kappa shape index (κ2) is 20.8. The second-order valence-electron chi connectivity index (χ2n) is 17.3. The summed E-state index contributed by atoms with van der Waals surface area (Å²) < 4.78 is 23.7. The van der Waals surface area contributed by atoms with Crippen LogP contribution in [-0.2, 0) is 42.9 Å². The fraction of sp³-hybridized carbons (Fsp3) is 0.750. The number of carbonyl (C=O) groups excluding carboxylic acids is 5. The molecular weight excluding hydrogens is 734 g/mol. The highest BCUT2D eigenvalue weighted by atomic mass is 16.7. The minimum absolute atomic E-state index is 0.0235. The van der Waals surface area contributed by atoms with Crippen LogP contribution in [0.2, 0.25) is 0 Å². The number of esters is 1. The Kier molecular flexibility index (Phi) is 17.0. The topological polar surface area (TPSA) is 186 Å². The molecule has 13 nitrogen and oxygen atoms in total.